The third-order valence-electron chi connectivity index (χ3n) is 7.73. The Hall–Kier alpha value is -2.75. The number of carboxylic acid groups (broad SMARTS) is 1. The molecule has 3 aromatic rings. The van der Waals surface area contributed by atoms with Crippen LogP contribution in [0.3, 0.4) is 0 Å². The van der Waals surface area contributed by atoms with E-state index in [0.29, 0.717) is 12.3 Å². The van der Waals surface area contributed by atoms with Crippen molar-refractivity contribution in [1.29, 1.82) is 0 Å². The van der Waals surface area contributed by atoms with Gasteiger partial charge in [-0.25, -0.2) is 8.42 Å². The van der Waals surface area contributed by atoms with Crippen molar-refractivity contribution in [2.24, 2.45) is 5.92 Å². The zero-order valence-electron chi connectivity index (χ0n) is 23.8. The molecule has 0 fully saturated rings. The monoisotopic (exact) mass is 598 g/mol. The minimum Gasteiger partial charge on any atom is -0.481 e. The fourth-order valence-electron chi connectivity index (χ4n) is 5.66. The molecule has 9 heteroatoms. The summed E-state index contributed by atoms with van der Waals surface area (Å²) < 4.78 is 27.8. The summed E-state index contributed by atoms with van der Waals surface area (Å²) in [6, 6.07) is 20.7. The van der Waals surface area contributed by atoms with Gasteiger partial charge in [0.15, 0.2) is 0 Å². The first-order valence-electron chi connectivity index (χ1n) is 13.9. The molecule has 0 unspecified atom stereocenters. The van der Waals surface area contributed by atoms with E-state index in [9.17, 15) is 18.3 Å². The highest BCUT2D eigenvalue weighted by atomic mass is 35.5. The predicted molar refractivity (Wildman–Crippen MR) is 163 cm³/mol. The van der Waals surface area contributed by atoms with Gasteiger partial charge in [-0.05, 0) is 85.4 Å². The first kappa shape index (κ1) is 31.2. The fraction of sp³-hybridized carbons (Fsp3) is 0.406. The number of nitrogens with one attached hydrogen (secondary N) is 1. The molecule has 1 atom stereocenters. The smallest absolute Gasteiger partial charge is 0.303 e. The highest BCUT2D eigenvalue weighted by Crippen LogP contribution is 2.32. The third kappa shape index (κ3) is 8.17. The normalized spacial score (nSPS) is 14.8. The predicted octanol–water partition coefficient (Wildman–Crippen LogP) is 5.18. The molecular weight excluding hydrogens is 560 g/mol. The van der Waals surface area contributed by atoms with E-state index >= 15 is 0 Å². The van der Waals surface area contributed by atoms with E-state index in [0.717, 1.165) is 40.3 Å². The van der Waals surface area contributed by atoms with Crippen LogP contribution in [-0.2, 0) is 34.1 Å². The van der Waals surface area contributed by atoms with Gasteiger partial charge < -0.3 is 15.5 Å². The summed E-state index contributed by atoms with van der Waals surface area (Å²) in [5.41, 5.74) is 5.03. The van der Waals surface area contributed by atoms with Crippen LogP contribution in [0.15, 0.2) is 71.6 Å². The van der Waals surface area contributed by atoms with Crippen molar-refractivity contribution in [3.8, 4) is 11.1 Å². The van der Waals surface area contributed by atoms with Crippen LogP contribution in [-0.4, -0.2) is 60.7 Å². The number of aliphatic hydroxyl groups excluding tert-OH is 1. The van der Waals surface area contributed by atoms with Gasteiger partial charge in [-0.15, -0.1) is 0 Å². The molecule has 0 heterocycles. The SMILES string of the molecule is CN(C[C@H](O)CNC(C)(C)CC1Cc2ccccc2C1)S(=O)(=O)c1ccc(-c2cccc(CCC(=O)O)c2)cc1Cl. The first-order valence-corrected chi connectivity index (χ1v) is 15.7. The molecule has 0 amide bonds. The summed E-state index contributed by atoms with van der Waals surface area (Å²) in [6.07, 6.45) is 2.59. The number of benzene rings is 3. The molecule has 0 bridgehead atoms. The maximum absolute atomic E-state index is 13.3. The summed E-state index contributed by atoms with van der Waals surface area (Å²) in [6.45, 7) is 4.42. The number of aliphatic hydroxyl groups is 1. The molecular formula is C32H39ClN2O5S. The largest absolute Gasteiger partial charge is 0.481 e. The van der Waals surface area contributed by atoms with Crippen molar-refractivity contribution in [3.63, 3.8) is 0 Å². The summed E-state index contributed by atoms with van der Waals surface area (Å²) >= 11 is 6.46. The lowest BCUT2D eigenvalue weighted by atomic mass is 9.88. The molecule has 0 aromatic heterocycles. The van der Waals surface area contributed by atoms with Crippen LogP contribution in [0.2, 0.25) is 5.02 Å². The van der Waals surface area contributed by atoms with Crippen molar-refractivity contribution in [1.82, 2.24) is 9.62 Å². The summed E-state index contributed by atoms with van der Waals surface area (Å²) in [4.78, 5) is 10.9. The number of rotatable bonds is 13. The molecule has 1 aliphatic carbocycles. The standard InChI is InChI=1S/C32H39ClN2O5S/c1-32(2,19-23-16-24-8-4-5-9-25(24)17-23)34-20-28(36)21-35(3)41(39,40)30-13-12-27(18-29(30)33)26-10-6-7-22(15-26)11-14-31(37)38/h4-10,12-13,15,18,23,28,34,36H,11,14,16-17,19-21H2,1-3H3,(H,37,38)/t28-/m1/s1. The average Bonchev–Trinajstić information content (AvgIpc) is 3.32. The highest BCUT2D eigenvalue weighted by molar-refractivity contribution is 7.89. The topological polar surface area (TPSA) is 107 Å². The first-order chi connectivity index (χ1) is 19.3. The molecule has 0 spiro atoms. The molecule has 3 aromatic carbocycles. The van der Waals surface area contributed by atoms with Crippen LogP contribution >= 0.6 is 11.6 Å². The number of nitrogens with zero attached hydrogens (tertiary/aromatic N) is 1. The lowest BCUT2D eigenvalue weighted by Gasteiger charge is -2.31. The number of hydrogen-bond donors (Lipinski definition) is 3. The van der Waals surface area contributed by atoms with Gasteiger partial charge in [0.2, 0.25) is 10.0 Å². The molecule has 0 aliphatic heterocycles. The third-order valence-corrected chi connectivity index (χ3v) is 10.0. The van der Waals surface area contributed by atoms with Crippen LogP contribution in [0.4, 0.5) is 0 Å². The fourth-order valence-corrected chi connectivity index (χ4v) is 7.38. The van der Waals surface area contributed by atoms with Crippen molar-refractivity contribution in [2.45, 2.75) is 62.5 Å². The van der Waals surface area contributed by atoms with Crippen molar-refractivity contribution < 1.29 is 23.4 Å². The van der Waals surface area contributed by atoms with Crippen LogP contribution < -0.4 is 5.32 Å². The Morgan fingerprint density at radius 2 is 1.71 bits per heavy atom. The summed E-state index contributed by atoms with van der Waals surface area (Å²) in [5, 5.41) is 23.2. The Morgan fingerprint density at radius 1 is 1.05 bits per heavy atom. The average molecular weight is 599 g/mol. The number of hydrogen-bond acceptors (Lipinski definition) is 5. The van der Waals surface area contributed by atoms with E-state index in [4.69, 9.17) is 16.7 Å². The van der Waals surface area contributed by atoms with E-state index in [1.165, 1.54) is 24.2 Å². The van der Waals surface area contributed by atoms with Gasteiger partial charge in [0.05, 0.1) is 11.1 Å². The van der Waals surface area contributed by atoms with E-state index in [2.05, 4.69) is 43.4 Å². The molecule has 7 nitrogen and oxygen atoms in total. The van der Waals surface area contributed by atoms with Crippen LogP contribution in [0, 0.1) is 5.92 Å². The molecule has 4 rings (SSSR count). The van der Waals surface area contributed by atoms with E-state index < -0.39 is 22.1 Å². The summed E-state index contributed by atoms with van der Waals surface area (Å²) in [7, 11) is -2.50. The van der Waals surface area contributed by atoms with Gasteiger partial charge in [-0.1, -0.05) is 66.2 Å². The van der Waals surface area contributed by atoms with Crippen molar-refractivity contribution in [2.75, 3.05) is 20.1 Å². The molecule has 0 saturated carbocycles. The second-order valence-corrected chi connectivity index (χ2v) is 14.1. The van der Waals surface area contributed by atoms with E-state index in [1.54, 1.807) is 12.1 Å². The maximum Gasteiger partial charge on any atom is 0.303 e. The van der Waals surface area contributed by atoms with Gasteiger partial charge >= 0.3 is 5.97 Å². The minimum absolute atomic E-state index is 0.0297. The molecule has 0 radical (unpaired) electrons. The molecule has 41 heavy (non-hydrogen) atoms. The van der Waals surface area contributed by atoms with Crippen LogP contribution in [0.25, 0.3) is 11.1 Å². The number of halogens is 1. The second-order valence-electron chi connectivity index (χ2n) is 11.7. The van der Waals surface area contributed by atoms with Crippen molar-refractivity contribution in [3.05, 3.63) is 88.4 Å². The molecule has 3 N–H and O–H groups in total. The molecule has 1 aliphatic rings. The van der Waals surface area contributed by atoms with Gasteiger partial charge in [-0.2, -0.15) is 4.31 Å². The number of likely N-dealkylation sites (N-methyl/N-ethyl adjacent to an activating group) is 1. The van der Waals surface area contributed by atoms with Crippen LogP contribution in [0.1, 0.15) is 43.4 Å². The second kappa shape index (κ2) is 13.0. The number of fused-ring (bicyclic) bond motifs is 1. The Morgan fingerprint density at radius 3 is 2.34 bits per heavy atom. The lowest BCUT2D eigenvalue weighted by molar-refractivity contribution is -0.136. The molecule has 0 saturated heterocycles. The highest BCUT2D eigenvalue weighted by Gasteiger charge is 2.30. The number of carbonyl (C=O) groups is 1. The van der Waals surface area contributed by atoms with E-state index in [-0.39, 0.29) is 35.0 Å². The lowest BCUT2D eigenvalue weighted by Crippen LogP contribution is -2.47. The number of aliphatic carboxylic acids is 1. The zero-order valence-corrected chi connectivity index (χ0v) is 25.4. The maximum atomic E-state index is 13.3. The molecule has 220 valence electrons. The van der Waals surface area contributed by atoms with Gasteiger partial charge in [0, 0.05) is 32.1 Å². The van der Waals surface area contributed by atoms with Gasteiger partial charge in [-0.3, -0.25) is 4.79 Å². The number of carboxylic acids is 1. The Bertz CT molecular complexity index is 1470. The number of aryl methyl sites for hydroxylation is 1. The Kier molecular flexibility index (Phi) is 9.93. The van der Waals surface area contributed by atoms with Crippen molar-refractivity contribution >= 4 is 27.6 Å². The number of sulfonamides is 1. The van der Waals surface area contributed by atoms with Gasteiger partial charge in [0.1, 0.15) is 4.90 Å². The van der Waals surface area contributed by atoms with E-state index in [1.807, 2.05) is 24.3 Å². The zero-order chi connectivity index (χ0) is 29.8. The Labute approximate surface area is 248 Å². The summed E-state index contributed by atoms with van der Waals surface area (Å²) in [5.74, 6) is -0.329. The quantitative estimate of drug-likeness (QED) is 0.250. The Balaban J connectivity index is 1.34. The minimum atomic E-state index is -3.94. The van der Waals surface area contributed by atoms with Crippen LogP contribution in [0.5, 0.6) is 0 Å². The number of β-amino-alcohol motifs (C(OH)–C–C–N with tert-alkyl or cyclic N) is 1. The van der Waals surface area contributed by atoms with Gasteiger partial charge in [0.25, 0.3) is 0 Å².